The van der Waals surface area contributed by atoms with Gasteiger partial charge < -0.3 is 30.3 Å². The number of nitrogens with one attached hydrogen (secondary N) is 2. The summed E-state index contributed by atoms with van der Waals surface area (Å²) in [6.45, 7) is 3.76. The predicted octanol–water partition coefficient (Wildman–Crippen LogP) is 5.22. The lowest BCUT2D eigenvalue weighted by molar-refractivity contribution is 0.102. The highest BCUT2D eigenvalue weighted by Crippen LogP contribution is 2.31. The van der Waals surface area contributed by atoms with E-state index in [1.54, 1.807) is 18.2 Å². The van der Waals surface area contributed by atoms with Crippen molar-refractivity contribution in [3.8, 4) is 11.5 Å². The SMILES string of the molecule is COc1cc(Nc2nc(N3CCCCC3)nc(N3CCCCC3)n2)ccc1NC(=O)c1ccc(Cl)cc1O. The number of aromatic nitrogens is 3. The van der Waals surface area contributed by atoms with E-state index in [2.05, 4.69) is 20.4 Å². The fraction of sp³-hybridized carbons (Fsp3) is 0.407. The molecule has 0 atom stereocenters. The maximum absolute atomic E-state index is 12.7. The third-order valence-electron chi connectivity index (χ3n) is 6.80. The molecule has 38 heavy (non-hydrogen) atoms. The summed E-state index contributed by atoms with van der Waals surface area (Å²) in [5.41, 5.74) is 1.27. The Kier molecular flexibility index (Phi) is 7.97. The van der Waals surface area contributed by atoms with Crippen LogP contribution in [0.15, 0.2) is 36.4 Å². The summed E-state index contributed by atoms with van der Waals surface area (Å²) < 4.78 is 5.54. The largest absolute Gasteiger partial charge is 0.507 e. The predicted molar refractivity (Wildman–Crippen MR) is 149 cm³/mol. The molecular weight excluding hydrogens is 506 g/mol. The average molecular weight is 538 g/mol. The number of benzene rings is 2. The third-order valence-corrected chi connectivity index (χ3v) is 7.03. The molecule has 2 fully saturated rings. The minimum absolute atomic E-state index is 0.110. The van der Waals surface area contributed by atoms with Crippen LogP contribution in [-0.4, -0.2) is 59.3 Å². The van der Waals surface area contributed by atoms with Gasteiger partial charge in [-0.05, 0) is 68.9 Å². The number of carbonyl (C=O) groups is 1. The number of ether oxygens (including phenoxy) is 1. The van der Waals surface area contributed by atoms with E-state index in [0.29, 0.717) is 40.0 Å². The number of methoxy groups -OCH3 is 1. The van der Waals surface area contributed by atoms with Gasteiger partial charge in [0.15, 0.2) is 0 Å². The van der Waals surface area contributed by atoms with Crippen molar-refractivity contribution in [2.45, 2.75) is 38.5 Å². The van der Waals surface area contributed by atoms with Gasteiger partial charge in [-0.2, -0.15) is 15.0 Å². The number of piperidine rings is 2. The second kappa shape index (κ2) is 11.7. The number of nitrogens with zero attached hydrogens (tertiary/aromatic N) is 5. The molecule has 0 spiro atoms. The summed E-state index contributed by atoms with van der Waals surface area (Å²) in [5.74, 6) is 1.62. The van der Waals surface area contributed by atoms with E-state index < -0.39 is 5.91 Å². The number of anilines is 5. The summed E-state index contributed by atoms with van der Waals surface area (Å²) >= 11 is 5.88. The molecule has 3 aromatic rings. The number of hydrogen-bond donors (Lipinski definition) is 3. The van der Waals surface area contributed by atoms with Gasteiger partial charge in [0.05, 0.1) is 18.4 Å². The molecule has 11 heteroatoms. The summed E-state index contributed by atoms with van der Waals surface area (Å²) in [7, 11) is 1.53. The highest BCUT2D eigenvalue weighted by atomic mass is 35.5. The minimum Gasteiger partial charge on any atom is -0.507 e. The second-order valence-electron chi connectivity index (χ2n) is 9.51. The number of phenolic OH excluding ortho intramolecular Hbond substituents is 1. The molecule has 1 aromatic heterocycles. The quantitative estimate of drug-likeness (QED) is 0.373. The zero-order chi connectivity index (χ0) is 26.5. The van der Waals surface area contributed by atoms with E-state index in [0.717, 1.165) is 51.9 Å². The molecule has 0 radical (unpaired) electrons. The van der Waals surface area contributed by atoms with E-state index in [1.165, 1.54) is 32.1 Å². The van der Waals surface area contributed by atoms with Gasteiger partial charge in [0.2, 0.25) is 17.8 Å². The Balaban J connectivity index is 1.38. The molecule has 2 saturated heterocycles. The zero-order valence-electron chi connectivity index (χ0n) is 21.4. The molecule has 0 aliphatic carbocycles. The van der Waals surface area contributed by atoms with Crippen LogP contribution in [0.5, 0.6) is 11.5 Å². The van der Waals surface area contributed by atoms with Gasteiger partial charge in [-0.15, -0.1) is 0 Å². The lowest BCUT2D eigenvalue weighted by Crippen LogP contribution is -2.34. The fourth-order valence-corrected chi connectivity index (χ4v) is 4.93. The van der Waals surface area contributed by atoms with Crippen LogP contribution in [-0.2, 0) is 0 Å². The molecule has 3 heterocycles. The monoisotopic (exact) mass is 537 g/mol. The van der Waals surface area contributed by atoms with Crippen LogP contribution in [0.25, 0.3) is 0 Å². The van der Waals surface area contributed by atoms with Gasteiger partial charge >= 0.3 is 0 Å². The van der Waals surface area contributed by atoms with Crippen LogP contribution in [0.3, 0.4) is 0 Å². The topological polar surface area (TPSA) is 116 Å². The number of halogens is 1. The molecule has 2 aliphatic heterocycles. The molecule has 10 nitrogen and oxygen atoms in total. The number of carbonyl (C=O) groups excluding carboxylic acids is 1. The van der Waals surface area contributed by atoms with Gasteiger partial charge in [0.1, 0.15) is 11.5 Å². The maximum atomic E-state index is 12.7. The first-order valence-corrected chi connectivity index (χ1v) is 13.4. The molecule has 2 aromatic carbocycles. The molecule has 1 amide bonds. The number of rotatable bonds is 7. The van der Waals surface area contributed by atoms with Crippen molar-refractivity contribution in [2.24, 2.45) is 0 Å². The van der Waals surface area contributed by atoms with Crippen molar-refractivity contribution >= 4 is 46.7 Å². The summed E-state index contributed by atoms with van der Waals surface area (Å²) in [6.07, 6.45) is 6.98. The molecule has 0 unspecified atom stereocenters. The van der Waals surface area contributed by atoms with Crippen LogP contribution >= 0.6 is 11.6 Å². The van der Waals surface area contributed by atoms with Gasteiger partial charge in [-0.3, -0.25) is 4.79 Å². The Bertz CT molecular complexity index is 1260. The van der Waals surface area contributed by atoms with Crippen molar-refractivity contribution in [1.82, 2.24) is 15.0 Å². The Morgan fingerprint density at radius 1 is 0.895 bits per heavy atom. The number of hydrogen-bond acceptors (Lipinski definition) is 9. The number of amides is 1. The number of aromatic hydroxyl groups is 1. The van der Waals surface area contributed by atoms with Crippen LogP contribution in [0.1, 0.15) is 48.9 Å². The molecule has 3 N–H and O–H groups in total. The lowest BCUT2D eigenvalue weighted by Gasteiger charge is -2.30. The first-order chi connectivity index (χ1) is 18.5. The lowest BCUT2D eigenvalue weighted by atomic mass is 10.1. The third kappa shape index (κ3) is 6.02. The number of phenols is 1. The molecule has 5 rings (SSSR count). The Hall–Kier alpha value is -3.79. The van der Waals surface area contributed by atoms with E-state index in [-0.39, 0.29) is 11.3 Å². The molecule has 2 aliphatic rings. The van der Waals surface area contributed by atoms with Crippen molar-refractivity contribution < 1.29 is 14.6 Å². The van der Waals surface area contributed by atoms with Crippen LogP contribution in [0.2, 0.25) is 5.02 Å². The maximum Gasteiger partial charge on any atom is 0.259 e. The van der Waals surface area contributed by atoms with Crippen molar-refractivity contribution in [3.63, 3.8) is 0 Å². The van der Waals surface area contributed by atoms with Gasteiger partial charge in [-0.25, -0.2) is 0 Å². The fourth-order valence-electron chi connectivity index (χ4n) is 4.77. The first-order valence-electron chi connectivity index (χ1n) is 13.0. The average Bonchev–Trinajstić information content (AvgIpc) is 2.94. The standard InChI is InChI=1S/C27H32ClN7O3/c1-38-23-17-19(9-11-21(23)30-24(37)20-10-8-18(28)16-22(20)36)29-25-31-26(34-12-4-2-5-13-34)33-27(32-25)35-14-6-3-7-15-35/h8-11,16-17,36H,2-7,12-15H2,1H3,(H,30,37)(H,29,31,32,33). The Morgan fingerprint density at radius 3 is 2.11 bits per heavy atom. The van der Waals surface area contributed by atoms with Crippen LogP contribution in [0, 0.1) is 0 Å². The van der Waals surface area contributed by atoms with Crippen LogP contribution < -0.4 is 25.2 Å². The highest BCUT2D eigenvalue weighted by Gasteiger charge is 2.21. The van der Waals surface area contributed by atoms with Crippen molar-refractivity contribution in [3.05, 3.63) is 47.0 Å². The van der Waals surface area contributed by atoms with Gasteiger partial charge in [-0.1, -0.05) is 11.6 Å². The molecule has 0 saturated carbocycles. The molecule has 0 bridgehead atoms. The summed E-state index contributed by atoms with van der Waals surface area (Å²) in [4.78, 5) is 31.5. The zero-order valence-corrected chi connectivity index (χ0v) is 22.2. The minimum atomic E-state index is -0.479. The van der Waals surface area contributed by atoms with Crippen molar-refractivity contribution in [2.75, 3.05) is 53.7 Å². The van der Waals surface area contributed by atoms with E-state index in [4.69, 9.17) is 31.3 Å². The summed E-state index contributed by atoms with van der Waals surface area (Å²) in [6, 6.07) is 9.64. The first kappa shape index (κ1) is 25.8. The normalized spacial score (nSPS) is 15.7. The smallest absolute Gasteiger partial charge is 0.259 e. The van der Waals surface area contributed by atoms with E-state index in [1.807, 2.05) is 6.07 Å². The molecule has 200 valence electrons. The highest BCUT2D eigenvalue weighted by molar-refractivity contribution is 6.31. The van der Waals surface area contributed by atoms with Gasteiger partial charge in [0, 0.05) is 43.0 Å². The summed E-state index contributed by atoms with van der Waals surface area (Å²) in [5, 5.41) is 16.5. The van der Waals surface area contributed by atoms with E-state index in [9.17, 15) is 9.90 Å². The van der Waals surface area contributed by atoms with Crippen molar-refractivity contribution in [1.29, 1.82) is 0 Å². The second-order valence-corrected chi connectivity index (χ2v) is 9.95. The van der Waals surface area contributed by atoms with Gasteiger partial charge in [0.25, 0.3) is 5.91 Å². The van der Waals surface area contributed by atoms with E-state index >= 15 is 0 Å². The Labute approximate surface area is 227 Å². The van der Waals surface area contributed by atoms with Crippen LogP contribution in [0.4, 0.5) is 29.2 Å². The Morgan fingerprint density at radius 2 is 1.53 bits per heavy atom. The molecular formula is C27H32ClN7O3.